The van der Waals surface area contributed by atoms with Gasteiger partial charge >= 0.3 is 8.80 Å². The quantitative estimate of drug-likeness (QED) is 0.485. The lowest BCUT2D eigenvalue weighted by atomic mass is 10.2. The topological polar surface area (TPSA) is 65.0 Å². The third-order valence-electron chi connectivity index (χ3n) is 2.16. The lowest BCUT2D eigenvalue weighted by molar-refractivity contribution is -0.124. The maximum atomic E-state index is 11.3. The van der Waals surface area contributed by atoms with E-state index in [1.54, 1.807) is 0 Å². The zero-order chi connectivity index (χ0) is 11.9. The van der Waals surface area contributed by atoms with Gasteiger partial charge in [0.15, 0.2) is 5.78 Å². The van der Waals surface area contributed by atoms with E-state index in [9.17, 15) is 4.79 Å². The Hall–Kier alpha value is -0.533. The van der Waals surface area contributed by atoms with Crippen LogP contribution in [0.4, 0.5) is 0 Å². The summed E-state index contributed by atoms with van der Waals surface area (Å²) >= 11 is 0. The summed E-state index contributed by atoms with van der Waals surface area (Å²) in [6.07, 6.45) is 0.217. The maximum absolute atomic E-state index is 11.3. The predicted molar refractivity (Wildman–Crippen MR) is 57.4 cm³/mol. The van der Waals surface area contributed by atoms with Crippen molar-refractivity contribution in [2.75, 3.05) is 21.3 Å². The van der Waals surface area contributed by atoms with Gasteiger partial charge in [-0.05, 0) is 0 Å². The Morgan fingerprint density at radius 1 is 1.40 bits per heavy atom. The van der Waals surface area contributed by atoms with Gasteiger partial charge in [-0.2, -0.15) is 0 Å². The second-order valence-electron chi connectivity index (χ2n) is 2.94. The van der Waals surface area contributed by atoms with Crippen molar-refractivity contribution in [1.29, 1.82) is 0 Å². The van der Waals surface area contributed by atoms with Gasteiger partial charge in [-0.15, -0.1) is 6.58 Å². The van der Waals surface area contributed by atoms with Crippen molar-refractivity contribution in [3.63, 3.8) is 0 Å². The minimum Gasteiger partial charge on any atom is -0.381 e. The van der Waals surface area contributed by atoms with Crippen molar-refractivity contribution in [2.24, 2.45) is 0 Å². The van der Waals surface area contributed by atoms with E-state index in [0.29, 0.717) is 6.04 Å². The molecule has 0 aromatic carbocycles. The molecule has 15 heavy (non-hydrogen) atoms. The predicted octanol–water partition coefficient (Wildman–Crippen LogP) is 0.371. The second-order valence-corrected chi connectivity index (χ2v) is 6.03. The summed E-state index contributed by atoms with van der Waals surface area (Å²) in [5.74, 6) is -0.312. The molecule has 88 valence electrons. The molecule has 0 spiro atoms. The number of hydrogen-bond acceptors (Lipinski definition) is 5. The molecule has 6 heteroatoms. The summed E-state index contributed by atoms with van der Waals surface area (Å²) in [6, 6.07) is 0.347. The summed E-state index contributed by atoms with van der Waals surface area (Å²) in [4.78, 5) is 11.3. The summed E-state index contributed by atoms with van der Waals surface area (Å²) in [5, 5.41) is 9.17. The van der Waals surface area contributed by atoms with Crippen LogP contribution >= 0.6 is 0 Å². The lowest BCUT2D eigenvalue weighted by Crippen LogP contribution is -2.43. The van der Waals surface area contributed by atoms with E-state index in [1.807, 2.05) is 0 Å². The molecule has 0 fully saturated rings. The van der Waals surface area contributed by atoms with Gasteiger partial charge in [0.2, 0.25) is 0 Å². The molecule has 0 amide bonds. The van der Waals surface area contributed by atoms with Crippen LogP contribution in [0.25, 0.3) is 0 Å². The fourth-order valence-electron chi connectivity index (χ4n) is 1.11. The van der Waals surface area contributed by atoms with Crippen LogP contribution in [0.2, 0.25) is 6.04 Å². The Kier molecular flexibility index (Phi) is 6.62. The van der Waals surface area contributed by atoms with Gasteiger partial charge in [0.05, 0.1) is 0 Å². The first-order chi connectivity index (χ1) is 7.05. The molecule has 0 saturated carbocycles. The second kappa shape index (κ2) is 6.86. The number of carbonyl (C=O) groups is 1. The Morgan fingerprint density at radius 3 is 2.20 bits per heavy atom. The molecule has 5 nitrogen and oxygen atoms in total. The van der Waals surface area contributed by atoms with Crippen LogP contribution in [0, 0.1) is 0 Å². The Morgan fingerprint density at radius 2 is 1.87 bits per heavy atom. The third kappa shape index (κ3) is 4.23. The van der Waals surface area contributed by atoms with Gasteiger partial charge in [0.1, 0.15) is 6.10 Å². The molecule has 0 aliphatic rings. The molecular weight excluding hydrogens is 216 g/mol. The van der Waals surface area contributed by atoms with Crippen LogP contribution in [-0.4, -0.2) is 47.1 Å². The molecule has 0 bridgehead atoms. The Labute approximate surface area is 91.0 Å². The normalized spacial score (nSPS) is 13.6. The van der Waals surface area contributed by atoms with Crippen LogP contribution in [0.5, 0.6) is 0 Å². The fraction of sp³-hybridized carbons (Fsp3) is 0.667. The number of aliphatic hydroxyl groups excluding tert-OH is 1. The first kappa shape index (κ1) is 14.5. The SMILES string of the molecule is C=CC(O)C(=O)CC[Si](OC)(OC)OC. The van der Waals surface area contributed by atoms with Gasteiger partial charge in [-0.3, -0.25) is 4.79 Å². The van der Waals surface area contributed by atoms with E-state index >= 15 is 0 Å². The highest BCUT2D eigenvalue weighted by Gasteiger charge is 2.38. The molecule has 0 radical (unpaired) electrons. The molecule has 0 heterocycles. The van der Waals surface area contributed by atoms with Crippen molar-refractivity contribution in [3.8, 4) is 0 Å². The summed E-state index contributed by atoms with van der Waals surface area (Å²) in [5.41, 5.74) is 0. The van der Waals surface area contributed by atoms with Crippen LogP contribution < -0.4 is 0 Å². The number of rotatable bonds is 8. The first-order valence-corrected chi connectivity index (χ1v) is 6.47. The average Bonchev–Trinajstić information content (AvgIpc) is 2.30. The maximum Gasteiger partial charge on any atom is 0.500 e. The molecule has 0 aromatic heterocycles. The van der Waals surface area contributed by atoms with Crippen molar-refractivity contribution in [2.45, 2.75) is 18.6 Å². The monoisotopic (exact) mass is 234 g/mol. The minimum atomic E-state index is -2.71. The molecule has 1 atom stereocenters. The number of carbonyl (C=O) groups excluding carboxylic acids is 1. The highest BCUT2D eigenvalue weighted by Crippen LogP contribution is 2.15. The average molecular weight is 234 g/mol. The van der Waals surface area contributed by atoms with Gasteiger partial charge in [0, 0.05) is 33.8 Å². The Bertz CT molecular complexity index is 206. The van der Waals surface area contributed by atoms with Gasteiger partial charge in [0.25, 0.3) is 0 Å². The molecule has 0 aliphatic heterocycles. The zero-order valence-electron chi connectivity index (χ0n) is 9.36. The number of Topliss-reactive ketones (excluding diaryl/α,β-unsaturated/α-hetero) is 1. The van der Waals surface area contributed by atoms with E-state index < -0.39 is 14.9 Å². The highest BCUT2D eigenvalue weighted by atomic mass is 28.4. The van der Waals surface area contributed by atoms with E-state index in [4.69, 9.17) is 18.4 Å². The van der Waals surface area contributed by atoms with Crippen LogP contribution in [0.3, 0.4) is 0 Å². The molecule has 1 unspecified atom stereocenters. The minimum absolute atomic E-state index is 0.148. The molecule has 0 aromatic rings. The number of ketones is 1. The fourth-order valence-corrected chi connectivity index (χ4v) is 2.78. The summed E-state index contributed by atoms with van der Waals surface area (Å²) < 4.78 is 15.4. The van der Waals surface area contributed by atoms with E-state index in [1.165, 1.54) is 27.4 Å². The van der Waals surface area contributed by atoms with Gasteiger partial charge in [-0.1, -0.05) is 6.08 Å². The molecule has 0 saturated heterocycles. The first-order valence-electron chi connectivity index (χ1n) is 4.54. The van der Waals surface area contributed by atoms with Gasteiger partial charge < -0.3 is 18.4 Å². The molecule has 0 aliphatic carbocycles. The highest BCUT2D eigenvalue weighted by molar-refractivity contribution is 6.60. The van der Waals surface area contributed by atoms with Crippen LogP contribution in [-0.2, 0) is 18.1 Å². The van der Waals surface area contributed by atoms with Crippen molar-refractivity contribution in [1.82, 2.24) is 0 Å². The Balaban J connectivity index is 4.22. The van der Waals surface area contributed by atoms with E-state index in [2.05, 4.69) is 6.58 Å². The number of hydrogen-bond donors (Lipinski definition) is 1. The standard InChI is InChI=1S/C9H18O5Si/c1-5-8(10)9(11)6-7-15(12-2,13-3)14-4/h5,8,10H,1,6-7H2,2-4H3. The van der Waals surface area contributed by atoms with E-state index in [-0.39, 0.29) is 12.2 Å². The molecule has 0 rings (SSSR count). The smallest absolute Gasteiger partial charge is 0.381 e. The van der Waals surface area contributed by atoms with Crippen molar-refractivity contribution in [3.05, 3.63) is 12.7 Å². The van der Waals surface area contributed by atoms with Gasteiger partial charge in [-0.25, -0.2) is 0 Å². The lowest BCUT2D eigenvalue weighted by Gasteiger charge is -2.24. The molecular formula is C9H18O5Si. The third-order valence-corrected chi connectivity index (χ3v) is 4.89. The van der Waals surface area contributed by atoms with E-state index in [0.717, 1.165) is 0 Å². The summed E-state index contributed by atoms with van der Waals surface area (Å²) in [6.45, 7) is 3.33. The van der Waals surface area contributed by atoms with Crippen LogP contribution in [0.1, 0.15) is 6.42 Å². The van der Waals surface area contributed by atoms with Crippen molar-refractivity contribution >= 4 is 14.6 Å². The largest absolute Gasteiger partial charge is 0.500 e. The number of aliphatic hydroxyl groups is 1. The molecule has 1 N–H and O–H groups in total. The zero-order valence-corrected chi connectivity index (χ0v) is 10.4. The van der Waals surface area contributed by atoms with Crippen molar-refractivity contribution < 1.29 is 23.2 Å². The summed E-state index contributed by atoms with van der Waals surface area (Å²) in [7, 11) is 1.73. The van der Waals surface area contributed by atoms with Crippen LogP contribution in [0.15, 0.2) is 12.7 Å².